The summed E-state index contributed by atoms with van der Waals surface area (Å²) >= 11 is 0. The van der Waals surface area contributed by atoms with E-state index in [2.05, 4.69) is 352 Å². The van der Waals surface area contributed by atoms with Crippen molar-refractivity contribution in [3.05, 3.63) is 303 Å². The van der Waals surface area contributed by atoms with Crippen LogP contribution in [-0.2, 0) is 0 Å². The van der Waals surface area contributed by atoms with E-state index in [-0.39, 0.29) is 0 Å². The van der Waals surface area contributed by atoms with Crippen LogP contribution in [0.25, 0.3) is 109 Å². The van der Waals surface area contributed by atoms with Crippen LogP contribution in [0.15, 0.2) is 303 Å². The zero-order valence-electron chi connectivity index (χ0n) is 50.8. The van der Waals surface area contributed by atoms with Gasteiger partial charge in [0.1, 0.15) is 0 Å². The Hall–Kier alpha value is -10.1. The first-order chi connectivity index (χ1) is 42.9. The summed E-state index contributed by atoms with van der Waals surface area (Å²) < 4.78 is 0. The minimum absolute atomic E-state index is 1.09. The van der Waals surface area contributed by atoms with Gasteiger partial charge in [-0.2, -0.15) is 0 Å². The predicted molar refractivity (Wildman–Crippen MR) is 389 cm³/mol. The second kappa shape index (κ2) is 22.0. The van der Waals surface area contributed by atoms with E-state index in [4.69, 9.17) is 0 Å². The lowest BCUT2D eigenvalue weighted by molar-refractivity contribution is 1.30. The van der Waals surface area contributed by atoms with E-state index in [0.29, 0.717) is 0 Å². The molecule has 4 heteroatoms. The van der Waals surface area contributed by atoms with Crippen molar-refractivity contribution in [3.63, 3.8) is 0 Å². The molecule has 0 saturated heterocycles. The quantitative estimate of drug-likeness (QED) is 0.0889. The molecule has 0 aliphatic carbocycles. The van der Waals surface area contributed by atoms with Gasteiger partial charge in [0, 0.05) is 33.5 Å². The van der Waals surface area contributed by atoms with Gasteiger partial charge >= 0.3 is 0 Å². The summed E-state index contributed by atoms with van der Waals surface area (Å²) in [7, 11) is -3.21. The smallest absolute Gasteiger partial charge is 0.0775 e. The first-order valence-electron chi connectivity index (χ1n) is 30.9. The molecule has 0 heterocycles. The highest BCUT2D eigenvalue weighted by Gasteiger charge is 2.26. The van der Waals surface area contributed by atoms with Crippen molar-refractivity contribution in [1.29, 1.82) is 0 Å². The highest BCUT2D eigenvalue weighted by atomic mass is 28.3. The first-order valence-corrected chi connectivity index (χ1v) is 37.9. The average molecular weight is 1160 g/mol. The SMILES string of the molecule is C[Si](C)(C)c1ccc(N(c2ccc3c(-c4ccc(-c5cccc6ccccc56)cc4)c4cc(N(c5ccc([Si](C)(C)C)cc5)c5cccc6ccccc56)ccc4c(-c4ccc(-c5cccc6ccccc56)cc4)c3c2)c2cccc3ccccc23)cc1. The molecule has 0 aromatic heterocycles. The largest absolute Gasteiger partial charge is 0.310 e. The molecule has 2 nitrogen and oxygen atoms in total. The van der Waals surface area contributed by atoms with Gasteiger partial charge < -0.3 is 9.80 Å². The number of nitrogens with zero attached hydrogens (tertiary/aromatic N) is 2. The molecule has 0 unspecified atom stereocenters. The third-order valence-electron chi connectivity index (χ3n) is 18.1. The molecule has 15 aromatic rings. The molecule has 0 atom stereocenters. The molecule has 0 fully saturated rings. The van der Waals surface area contributed by atoms with E-state index in [1.54, 1.807) is 0 Å². The lowest BCUT2D eigenvalue weighted by Crippen LogP contribution is -2.37. The summed E-state index contributed by atoms with van der Waals surface area (Å²) in [5, 5.41) is 17.4. The van der Waals surface area contributed by atoms with Gasteiger partial charge in [-0.1, -0.05) is 292 Å². The molecule has 0 aliphatic rings. The molecule has 88 heavy (non-hydrogen) atoms. The second-order valence-corrected chi connectivity index (χ2v) is 35.8. The highest BCUT2D eigenvalue weighted by Crippen LogP contribution is 2.50. The lowest BCUT2D eigenvalue weighted by Gasteiger charge is -2.30. The summed E-state index contributed by atoms with van der Waals surface area (Å²) in [4.78, 5) is 4.98. The van der Waals surface area contributed by atoms with Gasteiger partial charge in [-0.3, -0.25) is 0 Å². The fourth-order valence-electron chi connectivity index (χ4n) is 13.6. The Bertz CT molecular complexity index is 4800. The van der Waals surface area contributed by atoms with Gasteiger partial charge in [0.05, 0.1) is 27.5 Å². The molecule has 15 rings (SSSR count). The van der Waals surface area contributed by atoms with Crippen LogP contribution in [-0.4, -0.2) is 16.1 Å². The summed E-state index contributed by atoms with van der Waals surface area (Å²) in [5.41, 5.74) is 16.3. The summed E-state index contributed by atoms with van der Waals surface area (Å²) in [6.45, 7) is 14.6. The molecule has 0 N–H and O–H groups in total. The van der Waals surface area contributed by atoms with E-state index in [1.807, 2.05) is 0 Å². The zero-order valence-corrected chi connectivity index (χ0v) is 52.8. The first kappa shape index (κ1) is 54.5. The van der Waals surface area contributed by atoms with Gasteiger partial charge in [-0.05, 0) is 159 Å². The van der Waals surface area contributed by atoms with Gasteiger partial charge in [-0.25, -0.2) is 0 Å². The Balaban J connectivity index is 1.03. The highest BCUT2D eigenvalue weighted by molar-refractivity contribution is 6.89. The van der Waals surface area contributed by atoms with Gasteiger partial charge in [0.2, 0.25) is 0 Å². The number of anilines is 6. The van der Waals surface area contributed by atoms with Gasteiger partial charge in [-0.15, -0.1) is 0 Å². The van der Waals surface area contributed by atoms with Crippen molar-refractivity contribution in [3.8, 4) is 44.5 Å². The van der Waals surface area contributed by atoms with Crippen molar-refractivity contribution >= 4 is 125 Å². The molecular formula is C84H68N2Si2. The summed E-state index contributed by atoms with van der Waals surface area (Å²) in [6, 6.07) is 114. The standard InChI is InChI=1S/C84H68N2Si2/c1-87(2,3)69-49-43-65(44-50-69)85(81-33-17-25-59-21-9-13-29-75(59)81)67-47-53-77-79(55-67)83(63-39-35-61(36-40-63)73-31-15-23-57-19-7-11-27-71(57)73)78-54-48-68(56-80(78)84(77)64-41-37-62(38-42-64)74-32-16-24-58-20-8-12-28-72(58)74)86(66-45-51-70(52-46-66)88(4,5)6)82-34-18-26-60-22-10-14-30-76(60)82/h7-56H,1-6H3. The van der Waals surface area contributed by atoms with Crippen molar-refractivity contribution < 1.29 is 0 Å². The van der Waals surface area contributed by atoms with Crippen molar-refractivity contribution in [2.75, 3.05) is 9.80 Å². The lowest BCUT2D eigenvalue weighted by atomic mass is 9.84. The van der Waals surface area contributed by atoms with Crippen molar-refractivity contribution in [1.82, 2.24) is 0 Å². The van der Waals surface area contributed by atoms with E-state index in [0.717, 1.165) is 45.3 Å². The van der Waals surface area contributed by atoms with Crippen LogP contribution < -0.4 is 20.2 Å². The molecule has 0 saturated carbocycles. The van der Waals surface area contributed by atoms with Crippen molar-refractivity contribution in [2.24, 2.45) is 0 Å². The molecule has 15 aromatic carbocycles. The van der Waals surface area contributed by atoms with Crippen LogP contribution in [0.4, 0.5) is 34.1 Å². The monoisotopic (exact) mass is 1160 g/mol. The Morgan fingerprint density at radius 2 is 0.511 bits per heavy atom. The maximum atomic E-state index is 2.49. The topological polar surface area (TPSA) is 6.48 Å². The molecule has 0 aliphatic heterocycles. The minimum Gasteiger partial charge on any atom is -0.310 e. The summed E-state index contributed by atoms with van der Waals surface area (Å²) in [6.07, 6.45) is 0. The molecule has 422 valence electrons. The second-order valence-electron chi connectivity index (χ2n) is 25.7. The maximum absolute atomic E-state index is 2.49. The number of fused-ring (bicyclic) bond motifs is 6. The Morgan fingerprint density at radius 1 is 0.216 bits per heavy atom. The van der Waals surface area contributed by atoms with E-state index < -0.39 is 16.1 Å². The molecule has 0 spiro atoms. The molecule has 0 amide bonds. The summed E-state index contributed by atoms with van der Waals surface area (Å²) in [5.74, 6) is 0. The molecule has 0 bridgehead atoms. The normalized spacial score (nSPS) is 12.0. The zero-order chi connectivity index (χ0) is 59.7. The van der Waals surface area contributed by atoms with E-state index in [1.165, 1.54) is 108 Å². The maximum Gasteiger partial charge on any atom is 0.0775 e. The van der Waals surface area contributed by atoms with Crippen LogP contribution in [0.1, 0.15) is 0 Å². The minimum atomic E-state index is -1.61. The van der Waals surface area contributed by atoms with Crippen LogP contribution in [0.2, 0.25) is 39.3 Å². The van der Waals surface area contributed by atoms with Gasteiger partial charge in [0.25, 0.3) is 0 Å². The Labute approximate surface area is 518 Å². The van der Waals surface area contributed by atoms with E-state index in [9.17, 15) is 0 Å². The van der Waals surface area contributed by atoms with Crippen LogP contribution >= 0.6 is 0 Å². The van der Waals surface area contributed by atoms with Crippen LogP contribution in [0.5, 0.6) is 0 Å². The number of hydrogen-bond acceptors (Lipinski definition) is 2. The van der Waals surface area contributed by atoms with Crippen LogP contribution in [0, 0.1) is 0 Å². The number of benzene rings is 15. The predicted octanol–water partition coefficient (Wildman–Crippen LogP) is 23.3. The van der Waals surface area contributed by atoms with E-state index >= 15 is 0 Å². The molecular weight excluding hydrogens is 1090 g/mol. The van der Waals surface area contributed by atoms with Crippen LogP contribution in [0.3, 0.4) is 0 Å². The fraction of sp³-hybridized carbons (Fsp3) is 0.0714. The number of rotatable bonds is 12. The Kier molecular flexibility index (Phi) is 13.6. The third kappa shape index (κ3) is 9.85. The average Bonchev–Trinajstić information content (AvgIpc) is 0.848. The van der Waals surface area contributed by atoms with Gasteiger partial charge in [0.15, 0.2) is 0 Å². The molecule has 0 radical (unpaired) electrons. The third-order valence-corrected chi connectivity index (χ3v) is 22.3. The Morgan fingerprint density at radius 3 is 0.875 bits per heavy atom. The fourth-order valence-corrected chi connectivity index (χ4v) is 15.9. The van der Waals surface area contributed by atoms with Crippen molar-refractivity contribution in [2.45, 2.75) is 39.3 Å². The number of hydrogen-bond donors (Lipinski definition) is 0.